The number of hydrogen-bond acceptors (Lipinski definition) is 1. The number of benzene rings is 1. The molecule has 0 amide bonds. The van der Waals surface area contributed by atoms with E-state index in [4.69, 9.17) is 5.11 Å². The van der Waals surface area contributed by atoms with E-state index < -0.39 is 12.8 Å². The second-order valence-corrected chi connectivity index (χ2v) is 3.53. The first-order valence-corrected chi connectivity index (χ1v) is 4.68. The van der Waals surface area contributed by atoms with Gasteiger partial charge in [-0.3, -0.25) is 0 Å². The first kappa shape index (κ1) is 8.70. The smallest absolute Gasteiger partial charge is 0.148 e. The molecule has 0 spiro atoms. The lowest BCUT2D eigenvalue weighted by molar-refractivity contribution is 0.180. The normalized spacial score (nSPS) is 17.1. The van der Waals surface area contributed by atoms with Crippen LogP contribution in [0.1, 0.15) is 29.3 Å². The Hall–Kier alpha value is -0.890. The van der Waals surface area contributed by atoms with Crippen molar-refractivity contribution < 1.29 is 9.50 Å². The zero-order valence-electron chi connectivity index (χ0n) is 7.46. The zero-order valence-corrected chi connectivity index (χ0v) is 7.46. The summed E-state index contributed by atoms with van der Waals surface area (Å²) in [6.45, 7) is -0.418. The second-order valence-electron chi connectivity index (χ2n) is 3.53. The van der Waals surface area contributed by atoms with Crippen LogP contribution in [-0.4, -0.2) is 11.7 Å². The van der Waals surface area contributed by atoms with E-state index in [-0.39, 0.29) is 0 Å². The van der Waals surface area contributed by atoms with Gasteiger partial charge in [0, 0.05) is 0 Å². The van der Waals surface area contributed by atoms with E-state index in [1.54, 1.807) is 6.07 Å². The van der Waals surface area contributed by atoms with Crippen molar-refractivity contribution in [3.8, 4) is 0 Å². The van der Waals surface area contributed by atoms with Crippen molar-refractivity contribution >= 4 is 0 Å². The lowest BCUT2D eigenvalue weighted by atomic mass is 10.0. The van der Waals surface area contributed by atoms with Crippen LogP contribution in [0.15, 0.2) is 18.2 Å². The van der Waals surface area contributed by atoms with Gasteiger partial charge in [-0.15, -0.1) is 0 Å². The molecule has 0 heterocycles. The molecule has 1 aromatic rings. The third-order valence-electron chi connectivity index (χ3n) is 2.64. The Morgan fingerprint density at radius 3 is 2.85 bits per heavy atom. The van der Waals surface area contributed by atoms with E-state index in [9.17, 15) is 4.39 Å². The summed E-state index contributed by atoms with van der Waals surface area (Å²) in [7, 11) is 0. The molecule has 2 rings (SSSR count). The van der Waals surface area contributed by atoms with E-state index in [1.807, 2.05) is 12.1 Å². The average Bonchev–Trinajstić information content (AvgIpc) is 2.63. The predicted octanol–water partition coefficient (Wildman–Crippen LogP) is 2.18. The summed E-state index contributed by atoms with van der Waals surface area (Å²) >= 11 is 0. The highest BCUT2D eigenvalue weighted by atomic mass is 19.1. The monoisotopic (exact) mass is 180 g/mol. The van der Waals surface area contributed by atoms with Gasteiger partial charge in [-0.1, -0.05) is 18.2 Å². The lowest BCUT2D eigenvalue weighted by Gasteiger charge is -2.07. The number of aliphatic hydroxyl groups excluding tert-OH is 1. The van der Waals surface area contributed by atoms with Gasteiger partial charge in [-0.05, 0) is 36.0 Å². The van der Waals surface area contributed by atoms with E-state index in [2.05, 4.69) is 0 Å². The van der Waals surface area contributed by atoms with Gasteiger partial charge in [-0.2, -0.15) is 0 Å². The minimum Gasteiger partial charge on any atom is -0.393 e. The Labute approximate surface area is 77.2 Å². The van der Waals surface area contributed by atoms with Crippen LogP contribution in [0.5, 0.6) is 0 Å². The van der Waals surface area contributed by atoms with Crippen LogP contribution in [0.2, 0.25) is 0 Å². The lowest BCUT2D eigenvalue weighted by Crippen LogP contribution is -1.98. The number of aryl methyl sites for hydroxylation is 2. The van der Waals surface area contributed by atoms with Crippen LogP contribution >= 0.6 is 0 Å². The molecule has 2 heteroatoms. The fourth-order valence-corrected chi connectivity index (χ4v) is 1.89. The van der Waals surface area contributed by atoms with Crippen molar-refractivity contribution in [2.24, 2.45) is 0 Å². The summed E-state index contributed by atoms with van der Waals surface area (Å²) < 4.78 is 13.1. The molecule has 1 aliphatic rings. The molecule has 1 aromatic carbocycles. The third-order valence-corrected chi connectivity index (χ3v) is 2.64. The first-order chi connectivity index (χ1) is 6.31. The van der Waals surface area contributed by atoms with Crippen LogP contribution in [0.4, 0.5) is 4.39 Å². The zero-order chi connectivity index (χ0) is 9.26. The van der Waals surface area contributed by atoms with Gasteiger partial charge in [0.2, 0.25) is 0 Å². The van der Waals surface area contributed by atoms with Crippen molar-refractivity contribution in [1.29, 1.82) is 0 Å². The summed E-state index contributed by atoms with van der Waals surface area (Å²) in [6.07, 6.45) is 2.13. The molecule has 1 unspecified atom stereocenters. The number of alkyl halides is 1. The van der Waals surface area contributed by atoms with Crippen molar-refractivity contribution in [2.75, 3.05) is 6.61 Å². The molecule has 0 saturated heterocycles. The number of fused-ring (bicyclic) bond motifs is 1. The molecule has 70 valence electrons. The summed E-state index contributed by atoms with van der Waals surface area (Å²) in [5.41, 5.74) is 3.21. The SMILES string of the molecule is OCC(F)c1ccc2c(c1)CCC2. The van der Waals surface area contributed by atoms with E-state index in [0.29, 0.717) is 5.56 Å². The molecule has 0 aliphatic heterocycles. The molecule has 0 bridgehead atoms. The molecule has 0 saturated carbocycles. The minimum absolute atomic E-state index is 0.418. The molecule has 13 heavy (non-hydrogen) atoms. The molecule has 1 atom stereocenters. The summed E-state index contributed by atoms with van der Waals surface area (Å²) in [5, 5.41) is 8.66. The van der Waals surface area contributed by atoms with Crippen molar-refractivity contribution in [3.05, 3.63) is 34.9 Å². The van der Waals surface area contributed by atoms with Crippen LogP contribution in [-0.2, 0) is 12.8 Å². The fourth-order valence-electron chi connectivity index (χ4n) is 1.89. The Kier molecular flexibility index (Phi) is 2.32. The Balaban J connectivity index is 2.30. The highest BCUT2D eigenvalue weighted by Crippen LogP contribution is 2.26. The van der Waals surface area contributed by atoms with E-state index >= 15 is 0 Å². The maximum absolute atomic E-state index is 13.1. The average molecular weight is 180 g/mol. The van der Waals surface area contributed by atoms with E-state index in [1.165, 1.54) is 17.5 Å². The molecule has 1 N–H and O–H groups in total. The Morgan fingerprint density at radius 1 is 1.31 bits per heavy atom. The number of aliphatic hydroxyl groups is 1. The van der Waals surface area contributed by atoms with Crippen LogP contribution in [0, 0.1) is 0 Å². The quantitative estimate of drug-likeness (QED) is 0.739. The maximum atomic E-state index is 13.1. The molecular weight excluding hydrogens is 167 g/mol. The van der Waals surface area contributed by atoms with Crippen LogP contribution in [0.3, 0.4) is 0 Å². The van der Waals surface area contributed by atoms with Gasteiger partial charge in [0.05, 0.1) is 6.61 Å². The van der Waals surface area contributed by atoms with Crippen molar-refractivity contribution in [1.82, 2.24) is 0 Å². The van der Waals surface area contributed by atoms with Gasteiger partial charge in [0.25, 0.3) is 0 Å². The highest BCUT2D eigenvalue weighted by molar-refractivity contribution is 5.36. The maximum Gasteiger partial charge on any atom is 0.148 e. The highest BCUT2D eigenvalue weighted by Gasteiger charge is 2.14. The molecule has 0 radical (unpaired) electrons. The molecular formula is C11H13FO. The van der Waals surface area contributed by atoms with Crippen molar-refractivity contribution in [2.45, 2.75) is 25.4 Å². The van der Waals surface area contributed by atoms with Gasteiger partial charge < -0.3 is 5.11 Å². The molecule has 1 nitrogen and oxygen atoms in total. The Bertz CT molecular complexity index is 309. The van der Waals surface area contributed by atoms with E-state index in [0.717, 1.165) is 12.8 Å². The third kappa shape index (κ3) is 1.59. The fraction of sp³-hybridized carbons (Fsp3) is 0.455. The van der Waals surface area contributed by atoms with Gasteiger partial charge >= 0.3 is 0 Å². The molecule has 1 aliphatic carbocycles. The number of hydrogen-bond donors (Lipinski definition) is 1. The summed E-state index contributed by atoms with van der Waals surface area (Å²) in [4.78, 5) is 0. The van der Waals surface area contributed by atoms with Gasteiger partial charge in [-0.25, -0.2) is 4.39 Å². The standard InChI is InChI=1S/C11H13FO/c12-11(7-13)10-5-4-8-2-1-3-9(8)6-10/h4-6,11,13H,1-3,7H2. The predicted molar refractivity (Wildman–Crippen MR) is 49.4 cm³/mol. The van der Waals surface area contributed by atoms with Crippen LogP contribution < -0.4 is 0 Å². The van der Waals surface area contributed by atoms with Gasteiger partial charge in [0.15, 0.2) is 0 Å². The Morgan fingerprint density at radius 2 is 2.08 bits per heavy atom. The van der Waals surface area contributed by atoms with Gasteiger partial charge in [0.1, 0.15) is 6.17 Å². The topological polar surface area (TPSA) is 20.2 Å². The minimum atomic E-state index is -1.22. The first-order valence-electron chi connectivity index (χ1n) is 4.68. The van der Waals surface area contributed by atoms with Crippen LogP contribution in [0.25, 0.3) is 0 Å². The molecule has 0 fully saturated rings. The van der Waals surface area contributed by atoms with Crippen molar-refractivity contribution in [3.63, 3.8) is 0 Å². The summed E-state index contributed by atoms with van der Waals surface area (Å²) in [5.74, 6) is 0. The summed E-state index contributed by atoms with van der Waals surface area (Å²) in [6, 6.07) is 5.66. The second kappa shape index (κ2) is 3.46. The number of halogens is 1. The number of rotatable bonds is 2. The molecule has 0 aromatic heterocycles. The largest absolute Gasteiger partial charge is 0.393 e.